The Morgan fingerprint density at radius 1 is 1.27 bits per heavy atom. The predicted molar refractivity (Wildman–Crippen MR) is 84.6 cm³/mol. The molecule has 1 saturated heterocycles. The fraction of sp³-hybridized carbons (Fsp3) is 0.529. The van der Waals surface area contributed by atoms with Crippen molar-refractivity contribution in [2.45, 2.75) is 44.7 Å². The van der Waals surface area contributed by atoms with E-state index in [4.69, 9.17) is 0 Å². The van der Waals surface area contributed by atoms with Gasteiger partial charge in [0.2, 0.25) is 5.91 Å². The van der Waals surface area contributed by atoms with E-state index in [1.807, 2.05) is 15.9 Å². The summed E-state index contributed by atoms with van der Waals surface area (Å²) in [6.07, 6.45) is 4.03. The van der Waals surface area contributed by atoms with E-state index in [-0.39, 0.29) is 29.3 Å². The second-order valence-corrected chi connectivity index (χ2v) is 7.16. The van der Waals surface area contributed by atoms with Gasteiger partial charge in [0.1, 0.15) is 0 Å². The summed E-state index contributed by atoms with van der Waals surface area (Å²) in [5.41, 5.74) is 1.76. The van der Waals surface area contributed by atoms with Gasteiger partial charge in [-0.2, -0.15) is 0 Å². The van der Waals surface area contributed by atoms with E-state index >= 15 is 0 Å². The molecule has 2 aliphatic rings. The second-order valence-electron chi connectivity index (χ2n) is 7.16. The maximum absolute atomic E-state index is 12.7. The third-order valence-electron chi connectivity index (χ3n) is 4.56. The standard InChI is InChI=1S/C17H23N3O2/c1-5-15(21)19-6-7-20(13-9-12(13)19)16(22)11-8-14(18-10-11)17(2,3)4/h5,8,10,12-13,18H,1,6-7,9H2,2-4H3. The summed E-state index contributed by atoms with van der Waals surface area (Å²) in [4.78, 5) is 31.4. The largest absolute Gasteiger partial charge is 0.364 e. The Balaban J connectivity index is 1.72. The van der Waals surface area contributed by atoms with Crippen LogP contribution >= 0.6 is 0 Å². The van der Waals surface area contributed by atoms with Gasteiger partial charge in [-0.05, 0) is 18.6 Å². The fourth-order valence-corrected chi connectivity index (χ4v) is 3.15. The minimum Gasteiger partial charge on any atom is -0.364 e. The molecule has 1 aliphatic carbocycles. The molecule has 2 atom stereocenters. The Kier molecular flexibility index (Phi) is 3.38. The fourth-order valence-electron chi connectivity index (χ4n) is 3.15. The number of piperazine rings is 1. The van der Waals surface area contributed by atoms with Crippen LogP contribution in [0.3, 0.4) is 0 Å². The van der Waals surface area contributed by atoms with Gasteiger partial charge in [0.05, 0.1) is 17.6 Å². The van der Waals surface area contributed by atoms with E-state index in [0.717, 1.165) is 12.1 Å². The quantitative estimate of drug-likeness (QED) is 0.849. The van der Waals surface area contributed by atoms with E-state index < -0.39 is 0 Å². The summed E-state index contributed by atoms with van der Waals surface area (Å²) < 4.78 is 0. The van der Waals surface area contributed by atoms with E-state index in [1.165, 1.54) is 6.08 Å². The van der Waals surface area contributed by atoms with Gasteiger partial charge in [-0.3, -0.25) is 9.59 Å². The number of H-pyrrole nitrogens is 1. The molecule has 0 aromatic carbocycles. The lowest BCUT2D eigenvalue weighted by Gasteiger charge is -2.33. The smallest absolute Gasteiger partial charge is 0.255 e. The SMILES string of the molecule is C=CC(=O)N1CCN(C(=O)c2c[nH]c(C(C)(C)C)c2)C2CC21. The van der Waals surface area contributed by atoms with Crippen LogP contribution in [0.15, 0.2) is 24.9 Å². The number of carbonyl (C=O) groups excluding carboxylic acids is 2. The average molecular weight is 301 g/mol. The van der Waals surface area contributed by atoms with Crippen LogP contribution in [-0.4, -0.2) is 51.8 Å². The normalized spacial score (nSPS) is 24.0. The first-order valence-corrected chi connectivity index (χ1v) is 7.76. The maximum atomic E-state index is 12.7. The van der Waals surface area contributed by atoms with Crippen LogP contribution in [0.5, 0.6) is 0 Å². The highest BCUT2D eigenvalue weighted by Crippen LogP contribution is 2.37. The number of nitrogens with one attached hydrogen (secondary N) is 1. The molecule has 1 N–H and O–H groups in total. The van der Waals surface area contributed by atoms with Gasteiger partial charge in [0.25, 0.3) is 5.91 Å². The van der Waals surface area contributed by atoms with Crippen molar-refractivity contribution in [1.29, 1.82) is 0 Å². The molecular formula is C17H23N3O2. The van der Waals surface area contributed by atoms with Gasteiger partial charge in [-0.15, -0.1) is 0 Å². The van der Waals surface area contributed by atoms with Crippen molar-refractivity contribution >= 4 is 11.8 Å². The van der Waals surface area contributed by atoms with Crippen molar-refractivity contribution in [2.24, 2.45) is 0 Å². The first-order valence-electron chi connectivity index (χ1n) is 7.76. The molecule has 0 radical (unpaired) electrons. The molecule has 1 aromatic rings. The Labute approximate surface area is 131 Å². The van der Waals surface area contributed by atoms with Gasteiger partial charge in [-0.1, -0.05) is 27.4 Å². The van der Waals surface area contributed by atoms with Crippen molar-refractivity contribution in [1.82, 2.24) is 14.8 Å². The molecule has 1 saturated carbocycles. The van der Waals surface area contributed by atoms with Crippen LogP contribution in [0, 0.1) is 0 Å². The first-order chi connectivity index (χ1) is 10.3. The van der Waals surface area contributed by atoms with E-state index in [2.05, 4.69) is 32.3 Å². The highest BCUT2D eigenvalue weighted by atomic mass is 16.2. The molecule has 5 heteroatoms. The molecule has 22 heavy (non-hydrogen) atoms. The number of amides is 2. The van der Waals surface area contributed by atoms with Crippen molar-refractivity contribution in [3.05, 3.63) is 36.2 Å². The monoisotopic (exact) mass is 301 g/mol. The second kappa shape index (κ2) is 5.00. The Morgan fingerprint density at radius 3 is 2.50 bits per heavy atom. The van der Waals surface area contributed by atoms with Crippen molar-refractivity contribution in [3.63, 3.8) is 0 Å². The van der Waals surface area contributed by atoms with E-state index in [0.29, 0.717) is 18.7 Å². The highest BCUT2D eigenvalue weighted by Gasteiger charge is 2.51. The van der Waals surface area contributed by atoms with E-state index in [9.17, 15) is 9.59 Å². The molecule has 118 valence electrons. The van der Waals surface area contributed by atoms with Gasteiger partial charge >= 0.3 is 0 Å². The first kappa shape index (κ1) is 14.9. The van der Waals surface area contributed by atoms with Gasteiger partial charge in [0.15, 0.2) is 0 Å². The lowest BCUT2D eigenvalue weighted by atomic mass is 9.92. The predicted octanol–water partition coefficient (Wildman–Crippen LogP) is 1.92. The molecule has 0 bridgehead atoms. The van der Waals surface area contributed by atoms with Crippen LogP contribution in [0.2, 0.25) is 0 Å². The van der Waals surface area contributed by atoms with Gasteiger partial charge < -0.3 is 14.8 Å². The number of fused-ring (bicyclic) bond motifs is 1. The molecule has 1 aromatic heterocycles. The lowest BCUT2D eigenvalue weighted by molar-refractivity contribution is -0.127. The van der Waals surface area contributed by atoms with E-state index in [1.54, 1.807) is 6.20 Å². The van der Waals surface area contributed by atoms with Crippen molar-refractivity contribution < 1.29 is 9.59 Å². The maximum Gasteiger partial charge on any atom is 0.255 e. The highest BCUT2D eigenvalue weighted by molar-refractivity contribution is 5.95. The molecule has 2 fully saturated rings. The third kappa shape index (κ3) is 2.45. The van der Waals surface area contributed by atoms with Gasteiger partial charge in [-0.25, -0.2) is 0 Å². The lowest BCUT2D eigenvalue weighted by Crippen LogP contribution is -2.50. The molecule has 0 spiro atoms. The van der Waals surface area contributed by atoms with Crippen LogP contribution in [0.25, 0.3) is 0 Å². The number of aromatic amines is 1. The van der Waals surface area contributed by atoms with Crippen LogP contribution in [0.4, 0.5) is 0 Å². The zero-order chi connectivity index (χ0) is 16.1. The summed E-state index contributed by atoms with van der Waals surface area (Å²) >= 11 is 0. The molecule has 5 nitrogen and oxygen atoms in total. The number of hydrogen-bond acceptors (Lipinski definition) is 2. The van der Waals surface area contributed by atoms with Crippen LogP contribution < -0.4 is 0 Å². The third-order valence-corrected chi connectivity index (χ3v) is 4.56. The summed E-state index contributed by atoms with van der Waals surface area (Å²) in [6.45, 7) is 11.1. The zero-order valence-corrected chi connectivity index (χ0v) is 13.4. The van der Waals surface area contributed by atoms with Crippen molar-refractivity contribution in [2.75, 3.05) is 13.1 Å². The van der Waals surface area contributed by atoms with Crippen LogP contribution in [-0.2, 0) is 10.2 Å². The molecule has 1 aliphatic heterocycles. The molecule has 2 heterocycles. The van der Waals surface area contributed by atoms with Crippen LogP contribution in [0.1, 0.15) is 43.2 Å². The Hall–Kier alpha value is -2.04. The molecule has 3 rings (SSSR count). The number of aromatic nitrogens is 1. The molecular weight excluding hydrogens is 278 g/mol. The Morgan fingerprint density at radius 2 is 1.91 bits per heavy atom. The summed E-state index contributed by atoms with van der Waals surface area (Å²) in [6, 6.07) is 2.28. The number of hydrogen-bond donors (Lipinski definition) is 1. The average Bonchev–Trinajstić information content (AvgIpc) is 3.10. The summed E-state index contributed by atoms with van der Waals surface area (Å²) in [5.74, 6) is 0.0289. The minimum atomic E-state index is -0.0312. The molecule has 2 unspecified atom stereocenters. The number of rotatable bonds is 2. The minimum absolute atomic E-state index is 0.00424. The molecule has 2 amide bonds. The van der Waals surface area contributed by atoms with Crippen molar-refractivity contribution in [3.8, 4) is 0 Å². The summed E-state index contributed by atoms with van der Waals surface area (Å²) in [5, 5.41) is 0. The topological polar surface area (TPSA) is 56.4 Å². The summed E-state index contributed by atoms with van der Waals surface area (Å²) in [7, 11) is 0. The number of carbonyl (C=O) groups is 2. The Bertz CT molecular complexity index is 626. The van der Waals surface area contributed by atoms with Gasteiger partial charge in [0, 0.05) is 30.4 Å². The zero-order valence-electron chi connectivity index (χ0n) is 13.4. The number of nitrogens with zero attached hydrogens (tertiary/aromatic N) is 2.